The zero-order chi connectivity index (χ0) is 42.6. The van der Waals surface area contributed by atoms with E-state index < -0.39 is 105 Å². The fourth-order valence-corrected chi connectivity index (χ4v) is 13.8. The molecule has 16 nitrogen and oxygen atoms in total. The van der Waals surface area contributed by atoms with Crippen molar-refractivity contribution >= 4 is 0 Å². The molecule has 0 aromatic carbocycles. The van der Waals surface area contributed by atoms with Crippen molar-refractivity contribution in [1.82, 2.24) is 0 Å². The van der Waals surface area contributed by atoms with Crippen molar-refractivity contribution in [2.24, 2.45) is 46.3 Å². The zero-order valence-corrected chi connectivity index (χ0v) is 35.6. The number of fused-ring (bicyclic) bond motifs is 7. The van der Waals surface area contributed by atoms with Gasteiger partial charge in [0.15, 0.2) is 24.7 Å². The maximum atomic E-state index is 11.9. The average molecular weight is 855 g/mol. The van der Waals surface area contributed by atoms with Crippen molar-refractivity contribution in [1.29, 1.82) is 0 Å². The molecule has 8 N–H and O–H groups in total. The van der Waals surface area contributed by atoms with Gasteiger partial charge in [-0.05, 0) is 98.7 Å². The van der Waals surface area contributed by atoms with Gasteiger partial charge >= 0.3 is 0 Å². The highest BCUT2D eigenvalue weighted by atomic mass is 16.8. The third-order valence-electron chi connectivity index (χ3n) is 17.3. The van der Waals surface area contributed by atoms with Gasteiger partial charge < -0.3 is 78.7 Å². The van der Waals surface area contributed by atoms with Crippen molar-refractivity contribution in [2.45, 2.75) is 196 Å². The topological polar surface area (TPSA) is 236 Å². The molecule has 0 bridgehead atoms. The van der Waals surface area contributed by atoms with E-state index in [1.807, 2.05) is 0 Å². The van der Waals surface area contributed by atoms with Gasteiger partial charge in [0.05, 0.1) is 38.1 Å². The van der Waals surface area contributed by atoms with Gasteiger partial charge in [0.1, 0.15) is 61.0 Å². The van der Waals surface area contributed by atoms with E-state index in [4.69, 9.17) is 37.9 Å². The normalized spacial score (nSPS) is 57.7. The standard InChI is InChI=1S/C44H70O16/c1-19-8-13-44(53-18-19)20(2)30-27(60-44)15-26-24-7-6-22-14-23(9-11-42(22,4)25(24)10-12-43(26,30)5)55-41-38(59-39-35(51)33(49)31(47)21(3)54-39)36(52)37(29(17-46)57-41)58-40-34(50)32(48)28(16-45)56-40/h6,19-21,23-41,45-52H,7-18H2,1-5H3/t19-,20+,21+,23+,24?,25?,26?,27?,28+,29-,30?,31+,32+,33-,34-,35-,36+,37-,38-,39+,40+,41-,42+,43+,44-/m1/s1. The van der Waals surface area contributed by atoms with Crippen LogP contribution in [0.25, 0.3) is 0 Å². The molecular formula is C44H70O16. The van der Waals surface area contributed by atoms with Gasteiger partial charge in [-0.3, -0.25) is 0 Å². The molecule has 1 spiro atoms. The molecule has 4 aliphatic carbocycles. The summed E-state index contributed by atoms with van der Waals surface area (Å²) < 4.78 is 49.9. The van der Waals surface area contributed by atoms with Crippen LogP contribution in [0.4, 0.5) is 0 Å². The molecule has 5 saturated heterocycles. The first-order chi connectivity index (χ1) is 28.5. The Morgan fingerprint density at radius 3 is 2.10 bits per heavy atom. The zero-order valence-electron chi connectivity index (χ0n) is 35.6. The number of aliphatic hydroxyl groups excluding tert-OH is 8. The SMILES string of the molecule is C[C@@H]1CC[C@@]2(OC1)OC1CC3C4CC=C5C[C@@H](O[C@@H]6O[C@H](CO)[C@@H](O[C@@H]7O[C@@H](CO)[C@H](O)[C@H]7O)[C@H](O)[C@H]6O[C@@H]6O[C@@H](C)[C@H](O)[C@@H](O)[C@H]6O)CC[C@]5(C)C4CC[C@]3(C)C1[C@@H]2C. The lowest BCUT2D eigenvalue weighted by molar-refractivity contribution is -0.380. The smallest absolute Gasteiger partial charge is 0.187 e. The van der Waals surface area contributed by atoms with Crippen molar-refractivity contribution in [3.8, 4) is 0 Å². The van der Waals surface area contributed by atoms with E-state index in [0.29, 0.717) is 48.3 Å². The number of allylic oxidation sites excluding steroid dienone is 1. The quantitative estimate of drug-likeness (QED) is 0.158. The Morgan fingerprint density at radius 2 is 1.40 bits per heavy atom. The second kappa shape index (κ2) is 16.5. The molecule has 0 amide bonds. The van der Waals surface area contributed by atoms with Crippen LogP contribution < -0.4 is 0 Å². The van der Waals surface area contributed by atoms with Crippen LogP contribution in [0, 0.1) is 46.3 Å². The molecule has 3 saturated carbocycles. The molecular weight excluding hydrogens is 784 g/mol. The first-order valence-electron chi connectivity index (χ1n) is 22.8. The summed E-state index contributed by atoms with van der Waals surface area (Å²) in [6.07, 6.45) is -8.79. The Bertz CT molecular complexity index is 1560. The molecule has 5 aliphatic heterocycles. The monoisotopic (exact) mass is 854 g/mol. The summed E-state index contributed by atoms with van der Waals surface area (Å²) >= 11 is 0. The number of hydrogen-bond donors (Lipinski definition) is 8. The molecule has 9 rings (SSSR count). The summed E-state index contributed by atoms with van der Waals surface area (Å²) in [6, 6.07) is 0. The van der Waals surface area contributed by atoms with Gasteiger partial charge in [-0.25, -0.2) is 0 Å². The van der Waals surface area contributed by atoms with E-state index in [0.717, 1.165) is 45.1 Å². The lowest BCUT2D eigenvalue weighted by Crippen LogP contribution is -2.65. The maximum absolute atomic E-state index is 11.9. The molecule has 342 valence electrons. The van der Waals surface area contributed by atoms with Crippen LogP contribution in [0.3, 0.4) is 0 Å². The van der Waals surface area contributed by atoms with Gasteiger partial charge in [-0.1, -0.05) is 39.3 Å². The number of aliphatic hydroxyl groups is 8. The van der Waals surface area contributed by atoms with Gasteiger partial charge in [0, 0.05) is 12.3 Å². The van der Waals surface area contributed by atoms with Gasteiger partial charge in [0.25, 0.3) is 0 Å². The minimum absolute atomic E-state index is 0.0141. The Labute approximate surface area is 352 Å². The first kappa shape index (κ1) is 44.3. The van der Waals surface area contributed by atoms with Crippen LogP contribution >= 0.6 is 0 Å². The highest BCUT2D eigenvalue weighted by molar-refractivity contribution is 5.26. The van der Waals surface area contributed by atoms with E-state index in [1.54, 1.807) is 0 Å². The van der Waals surface area contributed by atoms with E-state index >= 15 is 0 Å². The fourth-order valence-electron chi connectivity index (χ4n) is 13.8. The third kappa shape index (κ3) is 7.10. The second-order valence-electron chi connectivity index (χ2n) is 20.6. The lowest BCUT2D eigenvalue weighted by Gasteiger charge is -2.58. The number of hydrogen-bond acceptors (Lipinski definition) is 16. The van der Waals surface area contributed by atoms with Crippen molar-refractivity contribution in [3.63, 3.8) is 0 Å². The highest BCUT2D eigenvalue weighted by Crippen LogP contribution is 2.70. The second-order valence-corrected chi connectivity index (χ2v) is 20.6. The van der Waals surface area contributed by atoms with Crippen LogP contribution in [-0.4, -0.2) is 165 Å². The average Bonchev–Trinajstić information content (AvgIpc) is 3.79. The molecule has 5 unspecified atom stereocenters. The van der Waals surface area contributed by atoms with Gasteiger partial charge in [-0.15, -0.1) is 0 Å². The van der Waals surface area contributed by atoms with Crippen LogP contribution in [0.5, 0.6) is 0 Å². The summed E-state index contributed by atoms with van der Waals surface area (Å²) in [7, 11) is 0. The minimum atomic E-state index is -1.70. The van der Waals surface area contributed by atoms with Crippen LogP contribution in [-0.2, 0) is 37.9 Å². The molecule has 5 heterocycles. The van der Waals surface area contributed by atoms with Crippen molar-refractivity contribution < 1.29 is 78.7 Å². The Hall–Kier alpha value is -0.900. The summed E-state index contributed by atoms with van der Waals surface area (Å²) in [5.41, 5.74) is 1.54. The van der Waals surface area contributed by atoms with Crippen molar-refractivity contribution in [2.75, 3.05) is 19.8 Å². The molecule has 16 heteroatoms. The van der Waals surface area contributed by atoms with Gasteiger partial charge in [-0.2, -0.15) is 0 Å². The fraction of sp³-hybridized carbons (Fsp3) is 0.955. The van der Waals surface area contributed by atoms with Crippen LogP contribution in [0.2, 0.25) is 0 Å². The number of rotatable bonds is 8. The van der Waals surface area contributed by atoms with E-state index in [-0.39, 0.29) is 23.0 Å². The molecule has 0 aromatic rings. The minimum Gasteiger partial charge on any atom is -0.394 e. The van der Waals surface area contributed by atoms with Crippen LogP contribution in [0.1, 0.15) is 92.4 Å². The Kier molecular flexibility index (Phi) is 12.2. The molecule has 25 atom stereocenters. The summed E-state index contributed by atoms with van der Waals surface area (Å²) in [5.74, 6) is 2.65. The van der Waals surface area contributed by atoms with Crippen LogP contribution in [0.15, 0.2) is 11.6 Å². The number of ether oxygens (including phenoxy) is 8. The summed E-state index contributed by atoms with van der Waals surface area (Å²) in [4.78, 5) is 0. The maximum Gasteiger partial charge on any atom is 0.187 e. The van der Waals surface area contributed by atoms with Crippen molar-refractivity contribution in [3.05, 3.63) is 11.6 Å². The predicted molar refractivity (Wildman–Crippen MR) is 208 cm³/mol. The molecule has 9 aliphatic rings. The largest absolute Gasteiger partial charge is 0.394 e. The predicted octanol–water partition coefficient (Wildman–Crippen LogP) is 0.853. The van der Waals surface area contributed by atoms with E-state index in [1.165, 1.54) is 18.9 Å². The van der Waals surface area contributed by atoms with Gasteiger partial charge in [0.2, 0.25) is 0 Å². The molecule has 60 heavy (non-hydrogen) atoms. The van der Waals surface area contributed by atoms with E-state index in [9.17, 15) is 40.9 Å². The summed E-state index contributed by atoms with van der Waals surface area (Å²) in [6.45, 7) is 10.7. The Morgan fingerprint density at radius 1 is 0.700 bits per heavy atom. The Balaban J connectivity index is 0.913. The third-order valence-corrected chi connectivity index (χ3v) is 17.3. The molecule has 0 radical (unpaired) electrons. The van der Waals surface area contributed by atoms with E-state index in [2.05, 4.69) is 33.8 Å². The first-order valence-corrected chi connectivity index (χ1v) is 22.8. The molecule has 8 fully saturated rings. The molecule has 0 aromatic heterocycles. The lowest BCUT2D eigenvalue weighted by atomic mass is 9.47. The highest BCUT2D eigenvalue weighted by Gasteiger charge is 2.69. The summed E-state index contributed by atoms with van der Waals surface area (Å²) in [5, 5.41) is 84.8.